The van der Waals surface area contributed by atoms with Crippen molar-refractivity contribution in [3.05, 3.63) is 101 Å². The summed E-state index contributed by atoms with van der Waals surface area (Å²) in [6.07, 6.45) is -0.285. The summed E-state index contributed by atoms with van der Waals surface area (Å²) in [5.41, 5.74) is 4.72. The Hall–Kier alpha value is -3.73. The van der Waals surface area contributed by atoms with Crippen molar-refractivity contribution in [3.63, 3.8) is 0 Å². The smallest absolute Gasteiger partial charge is 0.254 e. The lowest BCUT2D eigenvalue weighted by atomic mass is 10.1. The number of carbonyl (C=O) groups excluding carboxylic acids is 3. The largest absolute Gasteiger partial charge is 0.389 e. The van der Waals surface area contributed by atoms with E-state index in [2.05, 4.69) is 10.3 Å². The number of nitrogens with one attached hydrogen (secondary N) is 1. The van der Waals surface area contributed by atoms with E-state index in [0.29, 0.717) is 35.6 Å². The molecule has 2 fully saturated rings. The predicted octanol–water partition coefficient (Wildman–Crippen LogP) is 3.81. The van der Waals surface area contributed by atoms with Gasteiger partial charge in [-0.15, -0.1) is 11.3 Å². The molecule has 0 radical (unpaired) electrons. The van der Waals surface area contributed by atoms with Crippen LogP contribution < -0.4 is 5.32 Å². The van der Waals surface area contributed by atoms with Gasteiger partial charge in [0.05, 0.1) is 33.9 Å². The number of thioether (sulfide) groups is 1. The van der Waals surface area contributed by atoms with Crippen LogP contribution in [0.2, 0.25) is 0 Å². The van der Waals surface area contributed by atoms with Crippen molar-refractivity contribution in [3.8, 4) is 0 Å². The summed E-state index contributed by atoms with van der Waals surface area (Å²) in [5, 5.41) is 14.0. The summed E-state index contributed by atoms with van der Waals surface area (Å²) in [5.74, 6) is 0.356. The van der Waals surface area contributed by atoms with Crippen molar-refractivity contribution < 1.29 is 19.5 Å². The SMILES string of the molecule is O=C(N[C@@H](CSCc1ccccc1)C(=O)N1CC[C@@H]2[C@H]1C(O)CN2C(=O)c1ccccc1)c1ccc2ncsc2c1. The minimum absolute atomic E-state index is 0.145. The van der Waals surface area contributed by atoms with Crippen molar-refractivity contribution >= 4 is 51.0 Å². The Labute approximate surface area is 246 Å². The Balaban J connectivity index is 1.20. The lowest BCUT2D eigenvalue weighted by molar-refractivity contribution is -0.135. The summed E-state index contributed by atoms with van der Waals surface area (Å²) >= 11 is 3.03. The number of aliphatic hydroxyl groups excluding tert-OH is 1. The molecule has 2 aliphatic rings. The van der Waals surface area contributed by atoms with Crippen LogP contribution in [-0.2, 0) is 10.5 Å². The van der Waals surface area contributed by atoms with Crippen LogP contribution in [0.4, 0.5) is 0 Å². The van der Waals surface area contributed by atoms with E-state index in [9.17, 15) is 19.5 Å². The molecule has 2 saturated heterocycles. The maximum absolute atomic E-state index is 14.0. The van der Waals surface area contributed by atoms with Gasteiger partial charge in [-0.25, -0.2) is 4.98 Å². The number of hydrogen-bond donors (Lipinski definition) is 2. The molecule has 6 rings (SSSR count). The molecule has 4 atom stereocenters. The van der Waals surface area contributed by atoms with Gasteiger partial charge in [-0.05, 0) is 42.3 Å². The van der Waals surface area contributed by atoms with E-state index in [0.717, 1.165) is 15.8 Å². The normalized spacial score (nSPS) is 20.7. The number of rotatable bonds is 8. The van der Waals surface area contributed by atoms with Crippen molar-refractivity contribution in [2.45, 2.75) is 36.4 Å². The fourth-order valence-electron chi connectivity index (χ4n) is 5.77. The number of fused-ring (bicyclic) bond motifs is 2. The molecule has 10 heteroatoms. The van der Waals surface area contributed by atoms with Crippen molar-refractivity contribution in [2.24, 2.45) is 0 Å². The van der Waals surface area contributed by atoms with E-state index in [1.54, 1.807) is 57.4 Å². The third-order valence-electron chi connectivity index (χ3n) is 7.76. The molecule has 0 spiro atoms. The first-order chi connectivity index (χ1) is 20.0. The lowest BCUT2D eigenvalue weighted by Gasteiger charge is -2.30. The van der Waals surface area contributed by atoms with Gasteiger partial charge in [0.1, 0.15) is 6.04 Å². The third-order valence-corrected chi connectivity index (χ3v) is 9.65. The number of β-amino-alcohol motifs (C(OH)–C–C–N with tert-alkyl or cyclic N) is 1. The Kier molecular flexibility index (Phi) is 8.04. The summed E-state index contributed by atoms with van der Waals surface area (Å²) in [4.78, 5) is 48.3. The second-order valence-electron chi connectivity index (χ2n) is 10.3. The highest BCUT2D eigenvalue weighted by Gasteiger charge is 2.52. The predicted molar refractivity (Wildman–Crippen MR) is 161 cm³/mol. The zero-order chi connectivity index (χ0) is 28.3. The number of likely N-dealkylation sites (tertiary alicyclic amines) is 2. The molecule has 8 nitrogen and oxygen atoms in total. The van der Waals surface area contributed by atoms with E-state index in [4.69, 9.17) is 0 Å². The number of thiazole rings is 1. The second kappa shape index (κ2) is 12.0. The highest BCUT2D eigenvalue weighted by atomic mass is 32.2. The van der Waals surface area contributed by atoms with E-state index < -0.39 is 18.2 Å². The zero-order valence-corrected chi connectivity index (χ0v) is 23.9. The number of carbonyl (C=O) groups is 3. The second-order valence-corrected chi connectivity index (χ2v) is 12.2. The van der Waals surface area contributed by atoms with E-state index in [1.165, 1.54) is 11.3 Å². The molecule has 2 aliphatic heterocycles. The van der Waals surface area contributed by atoms with Gasteiger partial charge < -0.3 is 20.2 Å². The first kappa shape index (κ1) is 27.4. The minimum Gasteiger partial charge on any atom is -0.389 e. The van der Waals surface area contributed by atoms with Gasteiger partial charge >= 0.3 is 0 Å². The highest BCUT2D eigenvalue weighted by molar-refractivity contribution is 7.98. The number of benzene rings is 3. The number of aliphatic hydroxyl groups is 1. The van der Waals surface area contributed by atoms with Crippen LogP contribution in [0.3, 0.4) is 0 Å². The molecule has 1 unspecified atom stereocenters. The first-order valence-corrected chi connectivity index (χ1v) is 15.6. The maximum Gasteiger partial charge on any atom is 0.254 e. The molecular formula is C31H30N4O4S2. The molecular weight excluding hydrogens is 556 g/mol. The Morgan fingerprint density at radius 2 is 1.76 bits per heavy atom. The van der Waals surface area contributed by atoms with E-state index in [-0.39, 0.29) is 30.3 Å². The molecule has 4 aromatic rings. The fraction of sp³-hybridized carbons (Fsp3) is 0.290. The minimum atomic E-state index is -0.860. The molecule has 0 bridgehead atoms. The third kappa shape index (κ3) is 5.72. The average Bonchev–Trinajstić information content (AvgIpc) is 3.73. The van der Waals surface area contributed by atoms with Gasteiger partial charge in [0.2, 0.25) is 5.91 Å². The van der Waals surface area contributed by atoms with E-state index >= 15 is 0 Å². The van der Waals surface area contributed by atoms with Crippen LogP contribution in [0.15, 0.2) is 84.4 Å². The monoisotopic (exact) mass is 586 g/mol. The van der Waals surface area contributed by atoms with Crippen LogP contribution in [0, 0.1) is 0 Å². The van der Waals surface area contributed by atoms with Crippen molar-refractivity contribution in [2.75, 3.05) is 18.8 Å². The number of amides is 3. The molecule has 3 heterocycles. The van der Waals surface area contributed by atoms with Gasteiger partial charge in [0.25, 0.3) is 11.8 Å². The molecule has 3 amide bonds. The van der Waals surface area contributed by atoms with Gasteiger partial charge in [-0.3, -0.25) is 14.4 Å². The number of hydrogen-bond acceptors (Lipinski definition) is 7. The summed E-state index contributed by atoms with van der Waals surface area (Å²) in [6.45, 7) is 0.577. The number of nitrogens with zero attached hydrogens (tertiary/aromatic N) is 3. The molecule has 0 aliphatic carbocycles. The summed E-state index contributed by atoms with van der Waals surface area (Å²) in [6, 6.07) is 22.7. The van der Waals surface area contributed by atoms with Gasteiger partial charge in [-0.1, -0.05) is 48.5 Å². The fourth-order valence-corrected chi connectivity index (χ4v) is 7.49. The molecule has 3 aromatic carbocycles. The van der Waals surface area contributed by atoms with Crippen LogP contribution >= 0.6 is 23.1 Å². The Bertz CT molecular complexity index is 1550. The molecule has 2 N–H and O–H groups in total. The highest BCUT2D eigenvalue weighted by Crippen LogP contribution is 2.34. The summed E-state index contributed by atoms with van der Waals surface area (Å²) < 4.78 is 0.901. The van der Waals surface area contributed by atoms with Crippen LogP contribution in [0.1, 0.15) is 32.7 Å². The van der Waals surface area contributed by atoms with Crippen molar-refractivity contribution in [1.29, 1.82) is 0 Å². The van der Waals surface area contributed by atoms with Gasteiger partial charge in [0, 0.05) is 35.7 Å². The van der Waals surface area contributed by atoms with Crippen molar-refractivity contribution in [1.82, 2.24) is 20.1 Å². The first-order valence-electron chi connectivity index (χ1n) is 13.6. The Morgan fingerprint density at radius 1 is 1.00 bits per heavy atom. The van der Waals surface area contributed by atoms with Gasteiger partial charge in [0.15, 0.2) is 0 Å². The standard InChI is InChI=1S/C31H30N4O4S2/c36-26-16-35(30(38)21-9-5-2-6-10-21)25-13-14-34(28(25)26)31(39)24(18-40-17-20-7-3-1-4-8-20)33-29(37)22-11-12-23-27(15-22)41-19-32-23/h1-12,15,19,24-26,28,36H,13-14,16-18H2,(H,33,37)/t24-,25+,26?,28-/m0/s1. The number of aromatic nitrogens is 1. The van der Waals surface area contributed by atoms with Crippen LogP contribution in [-0.4, -0.2) is 80.7 Å². The average molecular weight is 587 g/mol. The maximum atomic E-state index is 14.0. The molecule has 210 valence electrons. The lowest BCUT2D eigenvalue weighted by Crippen LogP contribution is -2.54. The van der Waals surface area contributed by atoms with Crippen LogP contribution in [0.5, 0.6) is 0 Å². The van der Waals surface area contributed by atoms with E-state index in [1.807, 2.05) is 48.5 Å². The topological polar surface area (TPSA) is 103 Å². The summed E-state index contributed by atoms with van der Waals surface area (Å²) in [7, 11) is 0. The molecule has 0 saturated carbocycles. The van der Waals surface area contributed by atoms with Gasteiger partial charge in [-0.2, -0.15) is 11.8 Å². The molecule has 1 aromatic heterocycles. The zero-order valence-electron chi connectivity index (χ0n) is 22.3. The quantitative estimate of drug-likeness (QED) is 0.326. The Morgan fingerprint density at radius 3 is 2.54 bits per heavy atom. The van der Waals surface area contributed by atoms with Crippen LogP contribution in [0.25, 0.3) is 10.2 Å². The molecule has 41 heavy (non-hydrogen) atoms.